The Morgan fingerprint density at radius 2 is 1.79 bits per heavy atom. The zero-order chi connectivity index (χ0) is 19.9. The lowest BCUT2D eigenvalue weighted by atomic mass is 10.1. The van der Waals surface area contributed by atoms with Crippen LogP contribution in [-0.4, -0.2) is 28.7 Å². The van der Waals surface area contributed by atoms with Gasteiger partial charge in [0.25, 0.3) is 11.8 Å². The highest BCUT2D eigenvalue weighted by Crippen LogP contribution is 2.13. The van der Waals surface area contributed by atoms with Crippen LogP contribution in [0.2, 0.25) is 0 Å². The first-order chi connectivity index (χ1) is 13.6. The van der Waals surface area contributed by atoms with Crippen molar-refractivity contribution in [2.45, 2.75) is 6.54 Å². The summed E-state index contributed by atoms with van der Waals surface area (Å²) in [5.41, 5.74) is 2.60. The molecule has 1 N–H and O–H groups in total. The first kappa shape index (κ1) is 18.8. The number of nitriles is 1. The average Bonchev–Trinajstić information content (AvgIpc) is 2.74. The molecule has 1 heterocycles. The number of nitrogens with one attached hydrogen (secondary N) is 1. The van der Waals surface area contributed by atoms with E-state index in [1.165, 1.54) is 12.3 Å². The maximum atomic E-state index is 12.7. The number of benzene rings is 2. The summed E-state index contributed by atoms with van der Waals surface area (Å²) in [6.45, 7) is 0.467. The fraction of sp³-hybridized carbons (Fsp3) is 0.0909. The molecule has 0 aliphatic heterocycles. The monoisotopic (exact) mass is 370 g/mol. The van der Waals surface area contributed by atoms with Gasteiger partial charge in [-0.25, -0.2) is 0 Å². The number of rotatable bonds is 5. The topological polar surface area (TPSA) is 86.1 Å². The maximum absolute atomic E-state index is 12.7. The molecular formula is C22H18N4O2. The number of aromatic nitrogens is 1. The molecule has 6 heteroatoms. The third kappa shape index (κ3) is 4.59. The molecule has 2 amide bonds. The van der Waals surface area contributed by atoms with Crippen LogP contribution in [-0.2, 0) is 6.54 Å². The molecule has 0 aliphatic carbocycles. The van der Waals surface area contributed by atoms with Gasteiger partial charge in [0.05, 0.1) is 11.6 Å². The molecule has 6 nitrogen and oxygen atoms in total. The van der Waals surface area contributed by atoms with Crippen LogP contribution in [0, 0.1) is 11.3 Å². The van der Waals surface area contributed by atoms with Crippen molar-refractivity contribution >= 4 is 17.5 Å². The van der Waals surface area contributed by atoms with Crippen molar-refractivity contribution in [2.75, 3.05) is 12.4 Å². The number of pyridine rings is 1. The number of hydrogen-bond acceptors (Lipinski definition) is 4. The van der Waals surface area contributed by atoms with Crippen LogP contribution < -0.4 is 5.32 Å². The zero-order valence-electron chi connectivity index (χ0n) is 15.3. The molecule has 0 spiro atoms. The van der Waals surface area contributed by atoms with E-state index in [0.717, 1.165) is 5.56 Å². The highest BCUT2D eigenvalue weighted by molar-refractivity contribution is 6.04. The van der Waals surface area contributed by atoms with Gasteiger partial charge in [0.15, 0.2) is 0 Å². The Morgan fingerprint density at radius 1 is 1.07 bits per heavy atom. The van der Waals surface area contributed by atoms with Crippen molar-refractivity contribution < 1.29 is 9.59 Å². The van der Waals surface area contributed by atoms with Gasteiger partial charge in [0.1, 0.15) is 5.69 Å². The number of hydrogen-bond donors (Lipinski definition) is 1. The van der Waals surface area contributed by atoms with E-state index in [1.807, 2.05) is 36.4 Å². The normalized spacial score (nSPS) is 10.0. The van der Waals surface area contributed by atoms with Crippen LogP contribution in [0.3, 0.4) is 0 Å². The molecule has 3 rings (SSSR count). The molecule has 0 aliphatic rings. The van der Waals surface area contributed by atoms with Gasteiger partial charge in [-0.3, -0.25) is 14.6 Å². The van der Waals surface area contributed by atoms with Gasteiger partial charge in [0.2, 0.25) is 0 Å². The summed E-state index contributed by atoms with van der Waals surface area (Å²) >= 11 is 0. The fourth-order valence-electron chi connectivity index (χ4n) is 2.66. The lowest BCUT2D eigenvalue weighted by molar-refractivity contribution is 0.0785. The van der Waals surface area contributed by atoms with Crippen LogP contribution in [0.1, 0.15) is 32.0 Å². The lowest BCUT2D eigenvalue weighted by Gasteiger charge is -2.17. The maximum Gasteiger partial charge on any atom is 0.274 e. The molecular weight excluding hydrogens is 352 g/mol. The largest absolute Gasteiger partial charge is 0.337 e. The van der Waals surface area contributed by atoms with Crippen molar-refractivity contribution in [2.24, 2.45) is 0 Å². The van der Waals surface area contributed by atoms with Crippen LogP contribution in [0.4, 0.5) is 5.69 Å². The fourth-order valence-corrected chi connectivity index (χ4v) is 2.66. The molecule has 138 valence electrons. The second-order valence-electron chi connectivity index (χ2n) is 6.22. The van der Waals surface area contributed by atoms with Gasteiger partial charge >= 0.3 is 0 Å². The molecule has 0 fully saturated rings. The van der Waals surface area contributed by atoms with Gasteiger partial charge in [-0.15, -0.1) is 0 Å². The van der Waals surface area contributed by atoms with Crippen LogP contribution in [0.25, 0.3) is 0 Å². The smallest absolute Gasteiger partial charge is 0.274 e. The lowest BCUT2D eigenvalue weighted by Crippen LogP contribution is -2.26. The molecule has 0 saturated heterocycles. The van der Waals surface area contributed by atoms with Crippen LogP contribution in [0.5, 0.6) is 0 Å². The van der Waals surface area contributed by atoms with Gasteiger partial charge in [-0.2, -0.15) is 5.26 Å². The minimum atomic E-state index is -0.426. The van der Waals surface area contributed by atoms with E-state index in [1.54, 1.807) is 42.3 Å². The third-order valence-electron chi connectivity index (χ3n) is 4.12. The van der Waals surface area contributed by atoms with Crippen molar-refractivity contribution in [1.29, 1.82) is 5.26 Å². The Morgan fingerprint density at radius 3 is 2.46 bits per heavy atom. The quantitative estimate of drug-likeness (QED) is 0.745. The van der Waals surface area contributed by atoms with E-state index >= 15 is 0 Å². The summed E-state index contributed by atoms with van der Waals surface area (Å²) in [5.74, 6) is -0.622. The third-order valence-corrected chi connectivity index (χ3v) is 4.12. The van der Waals surface area contributed by atoms with Gasteiger partial charge in [0, 0.05) is 31.0 Å². The first-order valence-electron chi connectivity index (χ1n) is 8.64. The van der Waals surface area contributed by atoms with Crippen molar-refractivity contribution in [1.82, 2.24) is 9.88 Å². The molecule has 2 aromatic carbocycles. The molecule has 0 unspecified atom stereocenters. The standard InChI is InChI=1S/C22H18N4O2/c1-26(15-17-5-3-2-4-6-17)22(28)18-11-12-24-20(13-18)21(27)25-19-9-7-16(14-23)8-10-19/h2-13H,15H2,1H3,(H,25,27). The first-order valence-corrected chi connectivity index (χ1v) is 8.64. The molecule has 3 aromatic rings. The van der Waals surface area contributed by atoms with Gasteiger partial charge in [-0.05, 0) is 42.0 Å². The Labute approximate surface area is 163 Å². The summed E-state index contributed by atoms with van der Waals surface area (Å²) in [6, 6.07) is 21.3. The highest BCUT2D eigenvalue weighted by Gasteiger charge is 2.15. The van der Waals surface area contributed by atoms with Crippen molar-refractivity contribution in [3.8, 4) is 6.07 Å². The van der Waals surface area contributed by atoms with E-state index in [0.29, 0.717) is 23.4 Å². The summed E-state index contributed by atoms with van der Waals surface area (Å²) in [6.07, 6.45) is 1.44. The van der Waals surface area contributed by atoms with Crippen LogP contribution in [0.15, 0.2) is 72.9 Å². The van der Waals surface area contributed by atoms with E-state index in [9.17, 15) is 9.59 Å². The minimum absolute atomic E-state index is 0.142. The Bertz CT molecular complexity index is 1020. The minimum Gasteiger partial charge on any atom is -0.337 e. The second kappa shape index (κ2) is 8.60. The second-order valence-corrected chi connectivity index (χ2v) is 6.22. The number of carbonyl (C=O) groups excluding carboxylic acids is 2. The molecule has 0 saturated carbocycles. The summed E-state index contributed by atoms with van der Waals surface area (Å²) in [5, 5.41) is 11.5. The van der Waals surface area contributed by atoms with E-state index < -0.39 is 5.91 Å². The summed E-state index contributed by atoms with van der Waals surface area (Å²) < 4.78 is 0. The zero-order valence-corrected chi connectivity index (χ0v) is 15.3. The Kier molecular flexibility index (Phi) is 5.78. The molecule has 28 heavy (non-hydrogen) atoms. The molecule has 1 aromatic heterocycles. The predicted molar refractivity (Wildman–Crippen MR) is 106 cm³/mol. The summed E-state index contributed by atoms with van der Waals surface area (Å²) in [4.78, 5) is 30.8. The molecule has 0 bridgehead atoms. The Balaban J connectivity index is 1.70. The number of carbonyl (C=O) groups is 2. The number of amides is 2. The van der Waals surface area contributed by atoms with Crippen LogP contribution >= 0.6 is 0 Å². The molecule has 0 radical (unpaired) electrons. The van der Waals surface area contributed by atoms with E-state index in [4.69, 9.17) is 5.26 Å². The summed E-state index contributed by atoms with van der Waals surface area (Å²) in [7, 11) is 1.71. The number of nitrogens with zero attached hydrogens (tertiary/aromatic N) is 3. The van der Waals surface area contributed by atoms with E-state index in [-0.39, 0.29) is 11.6 Å². The number of anilines is 1. The van der Waals surface area contributed by atoms with Gasteiger partial charge in [-0.1, -0.05) is 30.3 Å². The Hall–Kier alpha value is -3.98. The van der Waals surface area contributed by atoms with Crippen molar-refractivity contribution in [3.05, 3.63) is 95.3 Å². The molecule has 0 atom stereocenters. The van der Waals surface area contributed by atoms with Crippen molar-refractivity contribution in [3.63, 3.8) is 0 Å². The van der Waals surface area contributed by atoms with E-state index in [2.05, 4.69) is 10.3 Å². The SMILES string of the molecule is CN(Cc1ccccc1)C(=O)c1ccnc(C(=O)Nc2ccc(C#N)cc2)c1. The predicted octanol–water partition coefficient (Wildman–Crippen LogP) is 3.48. The highest BCUT2D eigenvalue weighted by atomic mass is 16.2. The van der Waals surface area contributed by atoms with Gasteiger partial charge < -0.3 is 10.2 Å². The average molecular weight is 370 g/mol.